The Morgan fingerprint density at radius 2 is 1.72 bits per heavy atom. The maximum atomic E-state index is 5.87. The van der Waals surface area contributed by atoms with Crippen LogP contribution in [0.25, 0.3) is 0 Å². The van der Waals surface area contributed by atoms with Crippen LogP contribution in [0.5, 0.6) is 0 Å². The lowest BCUT2D eigenvalue weighted by Crippen LogP contribution is -2.14. The van der Waals surface area contributed by atoms with Gasteiger partial charge in [0.2, 0.25) is 0 Å². The van der Waals surface area contributed by atoms with Gasteiger partial charge in [-0.1, -0.05) is 46.3 Å². The monoisotopic (exact) mass is 321 g/mol. The van der Waals surface area contributed by atoms with Crippen molar-refractivity contribution in [1.29, 1.82) is 0 Å². The number of rotatable bonds is 2. The van der Waals surface area contributed by atoms with Crippen molar-refractivity contribution >= 4 is 33.2 Å². The fourth-order valence-electron chi connectivity index (χ4n) is 2.36. The van der Waals surface area contributed by atoms with Crippen molar-refractivity contribution in [3.63, 3.8) is 0 Å². The normalized spacial score (nSPS) is 13.8. The molecule has 0 saturated carbocycles. The Hall–Kier alpha value is -0.990. The van der Waals surface area contributed by atoms with Crippen molar-refractivity contribution in [2.24, 2.45) is 0 Å². The third-order valence-electron chi connectivity index (χ3n) is 3.39. The number of nitrogens with zero attached hydrogens (tertiary/aromatic N) is 1. The molecule has 3 rings (SSSR count). The van der Waals surface area contributed by atoms with Gasteiger partial charge in [0.1, 0.15) is 0 Å². The zero-order valence-electron chi connectivity index (χ0n) is 9.87. The Kier molecular flexibility index (Phi) is 3.31. The van der Waals surface area contributed by atoms with Gasteiger partial charge in [0.05, 0.1) is 0 Å². The summed E-state index contributed by atoms with van der Waals surface area (Å²) in [4.78, 5) is 2.38. The molecule has 0 saturated heterocycles. The highest BCUT2D eigenvalue weighted by atomic mass is 79.9. The van der Waals surface area contributed by atoms with E-state index in [0.29, 0.717) is 5.88 Å². The summed E-state index contributed by atoms with van der Waals surface area (Å²) in [6.07, 6.45) is 0. The van der Waals surface area contributed by atoms with Gasteiger partial charge >= 0.3 is 0 Å². The number of hydrogen-bond donors (Lipinski definition) is 0. The molecule has 0 unspecified atom stereocenters. The van der Waals surface area contributed by atoms with Gasteiger partial charge in [0.25, 0.3) is 0 Å². The van der Waals surface area contributed by atoms with Crippen molar-refractivity contribution in [2.75, 3.05) is 4.90 Å². The molecule has 2 aromatic carbocycles. The lowest BCUT2D eigenvalue weighted by Gasteiger charge is -2.18. The second-order valence-corrected chi connectivity index (χ2v) is 5.66. The van der Waals surface area contributed by atoms with Gasteiger partial charge < -0.3 is 4.90 Å². The molecule has 0 amide bonds. The zero-order chi connectivity index (χ0) is 12.5. The van der Waals surface area contributed by atoms with Gasteiger partial charge in [0, 0.05) is 29.1 Å². The van der Waals surface area contributed by atoms with Gasteiger partial charge in [-0.2, -0.15) is 0 Å². The predicted molar refractivity (Wildman–Crippen MR) is 80.0 cm³/mol. The zero-order valence-corrected chi connectivity index (χ0v) is 12.2. The Labute approximate surface area is 121 Å². The van der Waals surface area contributed by atoms with Crippen LogP contribution in [0.4, 0.5) is 5.69 Å². The van der Waals surface area contributed by atoms with Crippen molar-refractivity contribution in [3.05, 3.63) is 63.6 Å². The minimum atomic E-state index is 0.543. The van der Waals surface area contributed by atoms with E-state index in [-0.39, 0.29) is 0 Å². The molecule has 92 valence electrons. The van der Waals surface area contributed by atoms with Gasteiger partial charge in [-0.3, -0.25) is 0 Å². The fourth-order valence-corrected chi connectivity index (χ4v) is 3.26. The molecule has 1 aliphatic heterocycles. The van der Waals surface area contributed by atoms with E-state index in [0.717, 1.165) is 23.1 Å². The molecule has 1 aliphatic rings. The Bertz CT molecular complexity index is 557. The molecular formula is C15H13BrClN. The van der Waals surface area contributed by atoms with Crippen LogP contribution in [0.15, 0.2) is 46.9 Å². The first-order valence-corrected chi connectivity index (χ1v) is 7.27. The fraction of sp³-hybridized carbons (Fsp3) is 0.200. The molecule has 0 radical (unpaired) electrons. The third-order valence-corrected chi connectivity index (χ3v) is 4.41. The summed E-state index contributed by atoms with van der Waals surface area (Å²) in [7, 11) is 0. The quantitative estimate of drug-likeness (QED) is 0.724. The van der Waals surface area contributed by atoms with Gasteiger partial charge in [0.15, 0.2) is 0 Å². The van der Waals surface area contributed by atoms with E-state index in [2.05, 4.69) is 63.3 Å². The van der Waals surface area contributed by atoms with E-state index >= 15 is 0 Å². The highest BCUT2D eigenvalue weighted by molar-refractivity contribution is 9.10. The van der Waals surface area contributed by atoms with E-state index in [1.165, 1.54) is 16.8 Å². The summed E-state index contributed by atoms with van der Waals surface area (Å²) < 4.78 is 1.09. The van der Waals surface area contributed by atoms with Gasteiger partial charge in [-0.05, 0) is 28.8 Å². The summed E-state index contributed by atoms with van der Waals surface area (Å²) in [6.45, 7) is 1.98. The summed E-state index contributed by atoms with van der Waals surface area (Å²) in [5, 5.41) is 0. The molecule has 0 aromatic heterocycles. The molecule has 1 nitrogen and oxygen atoms in total. The van der Waals surface area contributed by atoms with E-state index in [1.807, 2.05) is 0 Å². The highest BCUT2D eigenvalue weighted by Crippen LogP contribution is 2.31. The van der Waals surface area contributed by atoms with E-state index < -0.39 is 0 Å². The lowest BCUT2D eigenvalue weighted by molar-refractivity contribution is 0.879. The molecule has 18 heavy (non-hydrogen) atoms. The smallest absolute Gasteiger partial charge is 0.0485 e. The van der Waals surface area contributed by atoms with Crippen molar-refractivity contribution in [2.45, 2.75) is 19.0 Å². The Balaban J connectivity index is 1.88. The number of alkyl halides is 1. The van der Waals surface area contributed by atoms with Crippen LogP contribution in [-0.4, -0.2) is 0 Å². The average Bonchev–Trinajstić information content (AvgIpc) is 2.82. The first-order valence-electron chi connectivity index (χ1n) is 5.94. The molecule has 0 fully saturated rings. The first-order chi connectivity index (χ1) is 8.78. The lowest BCUT2D eigenvalue weighted by atomic mass is 10.1. The summed E-state index contributed by atoms with van der Waals surface area (Å²) >= 11 is 9.45. The Morgan fingerprint density at radius 3 is 2.28 bits per heavy atom. The molecule has 0 atom stereocenters. The maximum Gasteiger partial charge on any atom is 0.0485 e. The number of fused-ring (bicyclic) bond motifs is 1. The molecule has 1 heterocycles. The molecular weight excluding hydrogens is 310 g/mol. The largest absolute Gasteiger partial charge is 0.363 e. The SMILES string of the molecule is ClCc1ccc(N2Cc3ccccc3C2)cc1Br. The van der Waals surface area contributed by atoms with Crippen LogP contribution < -0.4 is 4.90 Å². The summed E-state index contributed by atoms with van der Waals surface area (Å²) in [5.41, 5.74) is 5.23. The average molecular weight is 323 g/mol. The second kappa shape index (κ2) is 4.94. The number of benzene rings is 2. The highest BCUT2D eigenvalue weighted by Gasteiger charge is 2.18. The number of halogens is 2. The van der Waals surface area contributed by atoms with E-state index in [4.69, 9.17) is 11.6 Å². The predicted octanol–water partition coefficient (Wildman–Crippen LogP) is 4.71. The first kappa shape index (κ1) is 12.1. The molecule has 2 aromatic rings. The minimum absolute atomic E-state index is 0.543. The van der Waals surface area contributed by atoms with E-state index in [1.54, 1.807) is 0 Å². The second-order valence-electron chi connectivity index (χ2n) is 4.53. The number of hydrogen-bond acceptors (Lipinski definition) is 1. The van der Waals surface area contributed by atoms with Crippen LogP contribution in [0, 0.1) is 0 Å². The van der Waals surface area contributed by atoms with Crippen LogP contribution in [0.1, 0.15) is 16.7 Å². The maximum absolute atomic E-state index is 5.87. The van der Waals surface area contributed by atoms with Crippen LogP contribution in [0.2, 0.25) is 0 Å². The van der Waals surface area contributed by atoms with Crippen molar-refractivity contribution in [3.8, 4) is 0 Å². The third kappa shape index (κ3) is 2.15. The molecule has 3 heteroatoms. The molecule has 0 spiro atoms. The summed E-state index contributed by atoms with van der Waals surface area (Å²) in [6, 6.07) is 15.0. The van der Waals surface area contributed by atoms with Gasteiger partial charge in [-0.15, -0.1) is 11.6 Å². The number of anilines is 1. The van der Waals surface area contributed by atoms with E-state index in [9.17, 15) is 0 Å². The standard InChI is InChI=1S/C15H13BrClN/c16-15-7-14(6-5-11(15)8-17)18-9-12-3-1-2-4-13(12)10-18/h1-7H,8-10H2. The van der Waals surface area contributed by atoms with Crippen molar-refractivity contribution in [1.82, 2.24) is 0 Å². The van der Waals surface area contributed by atoms with Crippen molar-refractivity contribution < 1.29 is 0 Å². The van der Waals surface area contributed by atoms with Crippen LogP contribution in [-0.2, 0) is 19.0 Å². The summed E-state index contributed by atoms with van der Waals surface area (Å²) in [5.74, 6) is 0.543. The minimum Gasteiger partial charge on any atom is -0.363 e. The molecule has 0 bridgehead atoms. The van der Waals surface area contributed by atoms with Crippen LogP contribution in [0.3, 0.4) is 0 Å². The van der Waals surface area contributed by atoms with Gasteiger partial charge in [-0.25, -0.2) is 0 Å². The molecule has 0 N–H and O–H groups in total. The molecule has 0 aliphatic carbocycles. The topological polar surface area (TPSA) is 3.24 Å². The Morgan fingerprint density at radius 1 is 1.06 bits per heavy atom. The van der Waals surface area contributed by atoms with Crippen LogP contribution >= 0.6 is 27.5 Å².